The third-order valence-corrected chi connectivity index (χ3v) is 4.83. The average molecular weight is 442 g/mol. The summed E-state index contributed by atoms with van der Waals surface area (Å²) in [7, 11) is 0. The van der Waals surface area contributed by atoms with Gasteiger partial charge in [0.25, 0.3) is 5.91 Å². The summed E-state index contributed by atoms with van der Waals surface area (Å²) in [5.41, 5.74) is 0.101. The van der Waals surface area contributed by atoms with Crippen LogP contribution in [0.25, 0.3) is 0 Å². The number of carbonyl (C=O) groups is 2. The molecule has 0 aliphatic carbocycles. The minimum Gasteiger partial charge on any atom is -0.374 e. The lowest BCUT2D eigenvalue weighted by Crippen LogP contribution is -2.32. The lowest BCUT2D eigenvalue weighted by Gasteiger charge is -2.19. The SMILES string of the molecule is CCN(CC)C(=O)c1ccc(N[C@@H](C)C(=O)Nc2ccc(Cl)c(C(F)(F)F)c2)cc1. The largest absolute Gasteiger partial charge is 0.417 e. The Labute approximate surface area is 178 Å². The van der Waals surface area contributed by atoms with Gasteiger partial charge < -0.3 is 15.5 Å². The maximum absolute atomic E-state index is 13.0. The Bertz CT molecular complexity index is 897. The summed E-state index contributed by atoms with van der Waals surface area (Å²) in [6.45, 7) is 6.58. The van der Waals surface area contributed by atoms with Crippen LogP contribution in [-0.4, -0.2) is 35.8 Å². The molecule has 9 heteroatoms. The molecule has 162 valence electrons. The quantitative estimate of drug-likeness (QED) is 0.614. The number of anilines is 2. The number of nitrogens with one attached hydrogen (secondary N) is 2. The average Bonchev–Trinajstić information content (AvgIpc) is 2.69. The van der Waals surface area contributed by atoms with Crippen molar-refractivity contribution in [3.63, 3.8) is 0 Å². The first-order valence-electron chi connectivity index (χ1n) is 9.40. The van der Waals surface area contributed by atoms with Gasteiger partial charge in [0.15, 0.2) is 0 Å². The number of hydrogen-bond acceptors (Lipinski definition) is 3. The topological polar surface area (TPSA) is 61.4 Å². The number of alkyl halides is 3. The molecule has 5 nitrogen and oxygen atoms in total. The molecule has 0 aliphatic rings. The van der Waals surface area contributed by atoms with E-state index in [2.05, 4.69) is 10.6 Å². The summed E-state index contributed by atoms with van der Waals surface area (Å²) in [6, 6.07) is 9.10. The zero-order valence-electron chi connectivity index (χ0n) is 16.8. The zero-order valence-corrected chi connectivity index (χ0v) is 17.6. The predicted octanol–water partition coefficient (Wildman–Crippen LogP) is 5.28. The molecule has 0 unspecified atom stereocenters. The van der Waals surface area contributed by atoms with Crippen LogP contribution in [0.1, 0.15) is 36.7 Å². The molecule has 2 aromatic carbocycles. The molecular weight excluding hydrogens is 419 g/mol. The third-order valence-electron chi connectivity index (χ3n) is 4.50. The summed E-state index contributed by atoms with van der Waals surface area (Å²) < 4.78 is 38.9. The molecule has 0 aliphatic heterocycles. The van der Waals surface area contributed by atoms with Gasteiger partial charge in [0.05, 0.1) is 10.6 Å². The summed E-state index contributed by atoms with van der Waals surface area (Å²) >= 11 is 5.59. The number of amides is 2. The van der Waals surface area contributed by atoms with Gasteiger partial charge in [-0.15, -0.1) is 0 Å². The first-order valence-corrected chi connectivity index (χ1v) is 9.78. The second kappa shape index (κ2) is 9.84. The maximum atomic E-state index is 13.0. The number of nitrogens with zero attached hydrogens (tertiary/aromatic N) is 1. The standard InChI is InChI=1S/C21H23ClF3N3O2/c1-4-28(5-2)20(30)14-6-8-15(9-7-14)26-13(3)19(29)27-16-10-11-18(22)17(12-16)21(23,24)25/h6-13,26H,4-5H2,1-3H3,(H,27,29)/t13-/m0/s1. The first-order chi connectivity index (χ1) is 14.1. The lowest BCUT2D eigenvalue weighted by atomic mass is 10.1. The summed E-state index contributed by atoms with van der Waals surface area (Å²) in [6.07, 6.45) is -4.62. The number of carbonyl (C=O) groups excluding carboxylic acids is 2. The van der Waals surface area contributed by atoms with Gasteiger partial charge in [0, 0.05) is 30.0 Å². The Morgan fingerprint density at radius 3 is 2.13 bits per heavy atom. The second-order valence-corrected chi connectivity index (χ2v) is 7.01. The maximum Gasteiger partial charge on any atom is 0.417 e. The van der Waals surface area contributed by atoms with Crippen LogP contribution in [0.3, 0.4) is 0 Å². The van der Waals surface area contributed by atoms with Crippen molar-refractivity contribution in [2.75, 3.05) is 23.7 Å². The highest BCUT2D eigenvalue weighted by Crippen LogP contribution is 2.36. The molecule has 0 saturated heterocycles. The second-order valence-electron chi connectivity index (χ2n) is 6.60. The van der Waals surface area contributed by atoms with Crippen LogP contribution in [0, 0.1) is 0 Å². The van der Waals surface area contributed by atoms with Gasteiger partial charge in [-0.05, 0) is 63.2 Å². The lowest BCUT2D eigenvalue weighted by molar-refractivity contribution is -0.137. The van der Waals surface area contributed by atoms with Crippen LogP contribution in [0.15, 0.2) is 42.5 Å². The van der Waals surface area contributed by atoms with Crippen LogP contribution in [-0.2, 0) is 11.0 Å². The van der Waals surface area contributed by atoms with E-state index in [-0.39, 0.29) is 11.6 Å². The molecule has 0 bridgehead atoms. The van der Waals surface area contributed by atoms with Gasteiger partial charge in [-0.25, -0.2) is 0 Å². The Kier molecular flexibility index (Phi) is 7.72. The summed E-state index contributed by atoms with van der Waals surface area (Å²) in [5, 5.41) is 4.96. The molecule has 0 saturated carbocycles. The number of hydrogen-bond donors (Lipinski definition) is 2. The molecule has 0 radical (unpaired) electrons. The van der Waals surface area contributed by atoms with Gasteiger partial charge in [-0.2, -0.15) is 13.2 Å². The first kappa shape index (κ1) is 23.5. The Morgan fingerprint density at radius 1 is 1.03 bits per heavy atom. The van der Waals surface area contributed by atoms with Gasteiger partial charge in [-0.1, -0.05) is 11.6 Å². The minimum atomic E-state index is -4.62. The van der Waals surface area contributed by atoms with Crippen molar-refractivity contribution in [1.82, 2.24) is 4.90 Å². The fourth-order valence-corrected chi connectivity index (χ4v) is 3.01. The number of rotatable bonds is 7. The van der Waals surface area contributed by atoms with Crippen molar-refractivity contribution >= 4 is 34.8 Å². The Balaban J connectivity index is 2.03. The third kappa shape index (κ3) is 5.89. The van der Waals surface area contributed by atoms with E-state index in [9.17, 15) is 22.8 Å². The number of benzene rings is 2. The smallest absolute Gasteiger partial charge is 0.374 e. The van der Waals surface area contributed by atoms with E-state index >= 15 is 0 Å². The highest BCUT2D eigenvalue weighted by Gasteiger charge is 2.33. The molecule has 0 fully saturated rings. The zero-order chi connectivity index (χ0) is 22.5. The fourth-order valence-electron chi connectivity index (χ4n) is 2.79. The van der Waals surface area contributed by atoms with Crippen LogP contribution < -0.4 is 10.6 Å². The molecule has 2 rings (SSSR count). The van der Waals surface area contributed by atoms with Crippen molar-refractivity contribution in [3.8, 4) is 0 Å². The summed E-state index contributed by atoms with van der Waals surface area (Å²) in [4.78, 5) is 26.4. The van der Waals surface area contributed by atoms with Gasteiger partial charge >= 0.3 is 6.18 Å². The monoisotopic (exact) mass is 441 g/mol. The normalized spacial score (nSPS) is 12.2. The van der Waals surface area contributed by atoms with Gasteiger partial charge in [0.2, 0.25) is 5.91 Å². The Morgan fingerprint density at radius 2 is 1.60 bits per heavy atom. The highest BCUT2D eigenvalue weighted by atomic mass is 35.5. The van der Waals surface area contributed by atoms with E-state index in [0.29, 0.717) is 24.3 Å². The van der Waals surface area contributed by atoms with Gasteiger partial charge in [-0.3, -0.25) is 9.59 Å². The molecule has 0 aromatic heterocycles. The Hall–Kier alpha value is -2.74. The fraction of sp³-hybridized carbons (Fsp3) is 0.333. The van der Waals surface area contributed by atoms with Crippen molar-refractivity contribution in [3.05, 3.63) is 58.6 Å². The van der Waals surface area contributed by atoms with Crippen molar-refractivity contribution in [2.24, 2.45) is 0 Å². The molecule has 2 aromatic rings. The van der Waals surface area contributed by atoms with Crippen LogP contribution in [0.5, 0.6) is 0 Å². The van der Waals surface area contributed by atoms with E-state index in [1.165, 1.54) is 6.07 Å². The molecule has 2 N–H and O–H groups in total. The molecule has 0 spiro atoms. The highest BCUT2D eigenvalue weighted by molar-refractivity contribution is 6.31. The molecule has 30 heavy (non-hydrogen) atoms. The molecule has 2 amide bonds. The van der Waals surface area contributed by atoms with Crippen LogP contribution in [0.2, 0.25) is 5.02 Å². The number of halogens is 4. The van der Waals surface area contributed by atoms with Crippen LogP contribution in [0.4, 0.5) is 24.5 Å². The van der Waals surface area contributed by atoms with Crippen LogP contribution >= 0.6 is 11.6 Å². The van der Waals surface area contributed by atoms with Crippen molar-refractivity contribution in [2.45, 2.75) is 33.0 Å². The van der Waals surface area contributed by atoms with Crippen molar-refractivity contribution in [1.29, 1.82) is 0 Å². The van der Waals surface area contributed by atoms with E-state index in [1.54, 1.807) is 36.1 Å². The molecular formula is C21H23ClF3N3O2. The van der Waals surface area contributed by atoms with E-state index in [1.807, 2.05) is 13.8 Å². The van der Waals surface area contributed by atoms with E-state index in [0.717, 1.165) is 12.1 Å². The minimum absolute atomic E-state index is 0.00876. The van der Waals surface area contributed by atoms with Gasteiger partial charge in [0.1, 0.15) is 6.04 Å². The predicted molar refractivity (Wildman–Crippen MR) is 112 cm³/mol. The molecule has 1 atom stereocenters. The van der Waals surface area contributed by atoms with E-state index < -0.39 is 28.7 Å². The van der Waals surface area contributed by atoms with Crippen molar-refractivity contribution < 1.29 is 22.8 Å². The summed E-state index contributed by atoms with van der Waals surface area (Å²) in [5.74, 6) is -0.603. The molecule has 0 heterocycles. The van der Waals surface area contributed by atoms with E-state index in [4.69, 9.17) is 11.6 Å².